The van der Waals surface area contributed by atoms with E-state index in [1.54, 1.807) is 0 Å². The van der Waals surface area contributed by atoms with E-state index < -0.39 is 9.84 Å². The Morgan fingerprint density at radius 1 is 1.27 bits per heavy atom. The zero-order valence-electron chi connectivity index (χ0n) is 15.6. The Morgan fingerprint density at radius 2 is 2.00 bits per heavy atom. The van der Waals surface area contributed by atoms with E-state index in [2.05, 4.69) is 39.2 Å². The van der Waals surface area contributed by atoms with Crippen LogP contribution in [0, 0.1) is 11.8 Å². The van der Waals surface area contributed by atoms with Gasteiger partial charge in [0.1, 0.15) is 15.7 Å². The molecule has 1 saturated heterocycles. The summed E-state index contributed by atoms with van der Waals surface area (Å²) in [6.07, 6.45) is 2.42. The highest BCUT2D eigenvalue weighted by Crippen LogP contribution is 2.24. The van der Waals surface area contributed by atoms with Gasteiger partial charge in [-0.25, -0.2) is 8.42 Å². The number of sulfone groups is 1. The lowest BCUT2D eigenvalue weighted by atomic mass is 9.99. The monoisotopic (exact) mass is 383 g/mol. The molecule has 0 spiro atoms. The van der Waals surface area contributed by atoms with Crippen LogP contribution < -0.4 is 10.6 Å². The molecule has 0 aromatic carbocycles. The van der Waals surface area contributed by atoms with Gasteiger partial charge >= 0.3 is 0 Å². The van der Waals surface area contributed by atoms with E-state index in [-0.39, 0.29) is 29.4 Å². The molecule has 0 radical (unpaired) electrons. The molecule has 0 unspecified atom stereocenters. The summed E-state index contributed by atoms with van der Waals surface area (Å²) in [5.74, 6) is 2.07. The van der Waals surface area contributed by atoms with Gasteiger partial charge < -0.3 is 15.2 Å². The van der Waals surface area contributed by atoms with Crippen molar-refractivity contribution in [2.75, 3.05) is 24.6 Å². The third-order valence-electron chi connectivity index (χ3n) is 5.15. The van der Waals surface area contributed by atoms with E-state index in [0.717, 1.165) is 44.1 Å². The van der Waals surface area contributed by atoms with Crippen LogP contribution in [0.2, 0.25) is 0 Å². The fraction of sp³-hybridized carbons (Fsp3) is 0.824. The van der Waals surface area contributed by atoms with Gasteiger partial charge in [0.05, 0.1) is 17.5 Å². The van der Waals surface area contributed by atoms with Crippen LogP contribution in [0.25, 0.3) is 0 Å². The number of nitrogens with zero attached hydrogens (tertiary/aromatic N) is 3. The minimum Gasteiger partial charge on any atom is -0.346 e. The van der Waals surface area contributed by atoms with Gasteiger partial charge in [-0.05, 0) is 25.2 Å². The number of nitrogens with one attached hydrogen (secondary N) is 2. The van der Waals surface area contributed by atoms with E-state index >= 15 is 0 Å². The predicted molar refractivity (Wildman–Crippen MR) is 98.3 cm³/mol. The fourth-order valence-electron chi connectivity index (χ4n) is 3.69. The van der Waals surface area contributed by atoms with Crippen LogP contribution in [0.4, 0.5) is 0 Å². The first-order valence-corrected chi connectivity index (χ1v) is 11.3. The second-order valence-electron chi connectivity index (χ2n) is 7.74. The first kappa shape index (κ1) is 19.3. The summed E-state index contributed by atoms with van der Waals surface area (Å²) in [4.78, 5) is 12.8. The largest absolute Gasteiger partial charge is 0.346 e. The molecule has 1 fully saturated rings. The van der Waals surface area contributed by atoms with Crippen LogP contribution in [0.5, 0.6) is 0 Å². The molecular formula is C17H29N5O3S. The summed E-state index contributed by atoms with van der Waals surface area (Å²) < 4.78 is 25.3. The Kier molecular flexibility index (Phi) is 5.96. The minimum atomic E-state index is -2.97. The normalized spacial score (nSPS) is 21.8. The standard InChI is InChI=1S/C17H29N5O3S/c1-12(2)11-14(16-21-20-15-3-6-18-7-8-22(15)16)19-17(23)13-4-9-26(24,25)10-5-13/h12-14,18H,3-11H2,1-2H3,(H,19,23)/t14-/m1/s1. The maximum absolute atomic E-state index is 12.8. The molecule has 1 aromatic rings. The number of aromatic nitrogens is 3. The molecule has 0 saturated carbocycles. The molecule has 1 atom stereocenters. The summed E-state index contributed by atoms with van der Waals surface area (Å²) in [6, 6.07) is -0.194. The second kappa shape index (κ2) is 8.04. The Hall–Kier alpha value is -1.48. The molecule has 1 aromatic heterocycles. The first-order chi connectivity index (χ1) is 12.4. The quantitative estimate of drug-likeness (QED) is 0.765. The maximum Gasteiger partial charge on any atom is 0.223 e. The van der Waals surface area contributed by atoms with Gasteiger partial charge in [-0.1, -0.05) is 13.8 Å². The summed E-state index contributed by atoms with van der Waals surface area (Å²) in [7, 11) is -2.97. The number of fused-ring (bicyclic) bond motifs is 1. The molecule has 3 rings (SSSR count). The van der Waals surface area contributed by atoms with Crippen molar-refractivity contribution in [2.45, 2.75) is 52.1 Å². The molecule has 8 nitrogen and oxygen atoms in total. The lowest BCUT2D eigenvalue weighted by Gasteiger charge is -2.26. The number of carbonyl (C=O) groups excluding carboxylic acids is 1. The third kappa shape index (κ3) is 4.62. The topological polar surface area (TPSA) is 106 Å². The van der Waals surface area contributed by atoms with Gasteiger partial charge in [0.25, 0.3) is 0 Å². The summed E-state index contributed by atoms with van der Waals surface area (Å²) in [5, 5.41) is 15.2. The number of rotatable bonds is 5. The van der Waals surface area contributed by atoms with Crippen molar-refractivity contribution in [2.24, 2.45) is 11.8 Å². The molecule has 26 heavy (non-hydrogen) atoms. The molecule has 2 N–H and O–H groups in total. The van der Waals surface area contributed by atoms with Crippen LogP contribution in [0.15, 0.2) is 0 Å². The molecule has 2 aliphatic rings. The van der Waals surface area contributed by atoms with Crippen LogP contribution in [0.3, 0.4) is 0 Å². The highest BCUT2D eigenvalue weighted by atomic mass is 32.2. The van der Waals surface area contributed by atoms with Gasteiger partial charge in [-0.15, -0.1) is 10.2 Å². The molecule has 146 valence electrons. The smallest absolute Gasteiger partial charge is 0.223 e. The lowest BCUT2D eigenvalue weighted by molar-refractivity contribution is -0.126. The number of carbonyl (C=O) groups is 1. The van der Waals surface area contributed by atoms with Crippen LogP contribution in [-0.2, 0) is 27.6 Å². The number of hydrogen-bond donors (Lipinski definition) is 2. The minimum absolute atomic E-state index is 0.0605. The van der Waals surface area contributed by atoms with Gasteiger partial charge in [-0.2, -0.15) is 0 Å². The number of hydrogen-bond acceptors (Lipinski definition) is 6. The Morgan fingerprint density at radius 3 is 2.69 bits per heavy atom. The van der Waals surface area contributed by atoms with Crippen molar-refractivity contribution in [3.8, 4) is 0 Å². The van der Waals surface area contributed by atoms with Gasteiger partial charge in [0.2, 0.25) is 5.91 Å². The lowest BCUT2D eigenvalue weighted by Crippen LogP contribution is -2.39. The average molecular weight is 384 g/mol. The van der Waals surface area contributed by atoms with Gasteiger partial charge in [0.15, 0.2) is 5.82 Å². The zero-order valence-corrected chi connectivity index (χ0v) is 16.4. The molecule has 3 heterocycles. The summed E-state index contributed by atoms with van der Waals surface area (Å²) >= 11 is 0. The van der Waals surface area contributed by atoms with Gasteiger partial charge in [0, 0.05) is 32.0 Å². The van der Waals surface area contributed by atoms with Crippen molar-refractivity contribution in [1.82, 2.24) is 25.4 Å². The SMILES string of the molecule is CC(C)C[C@@H](NC(=O)C1CCS(=O)(=O)CC1)c1nnc2n1CCNCC2. The van der Waals surface area contributed by atoms with E-state index in [0.29, 0.717) is 18.8 Å². The Labute approximate surface area is 155 Å². The van der Waals surface area contributed by atoms with Crippen molar-refractivity contribution >= 4 is 15.7 Å². The Bertz CT molecular complexity index is 730. The summed E-state index contributed by atoms with van der Waals surface area (Å²) in [6.45, 7) is 6.78. The predicted octanol–water partition coefficient (Wildman–Crippen LogP) is 0.452. The van der Waals surface area contributed by atoms with E-state index in [1.165, 1.54) is 0 Å². The molecule has 9 heteroatoms. The van der Waals surface area contributed by atoms with Crippen molar-refractivity contribution in [1.29, 1.82) is 0 Å². The van der Waals surface area contributed by atoms with Crippen LogP contribution in [-0.4, -0.2) is 53.7 Å². The molecule has 2 aliphatic heterocycles. The second-order valence-corrected chi connectivity index (χ2v) is 10.0. The van der Waals surface area contributed by atoms with Gasteiger partial charge in [-0.3, -0.25) is 4.79 Å². The highest BCUT2D eigenvalue weighted by Gasteiger charge is 2.31. The molecule has 0 bridgehead atoms. The first-order valence-electron chi connectivity index (χ1n) is 9.49. The third-order valence-corrected chi connectivity index (χ3v) is 6.87. The number of amides is 1. The molecular weight excluding hydrogens is 354 g/mol. The van der Waals surface area contributed by atoms with Crippen molar-refractivity contribution in [3.63, 3.8) is 0 Å². The van der Waals surface area contributed by atoms with Crippen LogP contribution in [0.1, 0.15) is 50.8 Å². The maximum atomic E-state index is 12.8. The van der Waals surface area contributed by atoms with Crippen molar-refractivity contribution < 1.29 is 13.2 Å². The highest BCUT2D eigenvalue weighted by molar-refractivity contribution is 7.91. The fourth-order valence-corrected chi connectivity index (χ4v) is 5.19. The zero-order chi connectivity index (χ0) is 18.7. The van der Waals surface area contributed by atoms with E-state index in [1.807, 2.05) is 0 Å². The summed E-state index contributed by atoms with van der Waals surface area (Å²) in [5.41, 5.74) is 0. The van der Waals surface area contributed by atoms with Crippen LogP contribution >= 0.6 is 0 Å². The molecule has 0 aliphatic carbocycles. The van der Waals surface area contributed by atoms with Crippen molar-refractivity contribution in [3.05, 3.63) is 11.6 Å². The van der Waals surface area contributed by atoms with E-state index in [9.17, 15) is 13.2 Å². The Balaban J connectivity index is 1.75. The average Bonchev–Trinajstić information content (AvgIpc) is 2.82. The molecule has 1 amide bonds. The van der Waals surface area contributed by atoms with E-state index in [4.69, 9.17) is 0 Å².